The van der Waals surface area contributed by atoms with Crippen LogP contribution >= 0.6 is 0 Å². The van der Waals surface area contributed by atoms with Gasteiger partial charge in [-0.1, -0.05) is 13.8 Å². The van der Waals surface area contributed by atoms with Gasteiger partial charge in [0.1, 0.15) is 6.61 Å². The van der Waals surface area contributed by atoms with Gasteiger partial charge < -0.3 is 9.64 Å². The summed E-state index contributed by atoms with van der Waals surface area (Å²) < 4.78 is 4.75. The Labute approximate surface area is 61.0 Å². The van der Waals surface area contributed by atoms with Crippen molar-refractivity contribution in [1.82, 2.24) is 4.90 Å². The molecule has 0 radical (unpaired) electrons. The topological polar surface area (TPSA) is 29.5 Å². The van der Waals surface area contributed by atoms with Crippen molar-refractivity contribution in [1.29, 1.82) is 0 Å². The van der Waals surface area contributed by atoms with Gasteiger partial charge in [0.2, 0.25) is 0 Å². The van der Waals surface area contributed by atoms with Gasteiger partial charge in [-0.3, -0.25) is 0 Å². The van der Waals surface area contributed by atoms with E-state index in [9.17, 15) is 4.79 Å². The van der Waals surface area contributed by atoms with Gasteiger partial charge >= 0.3 is 6.09 Å². The summed E-state index contributed by atoms with van der Waals surface area (Å²) >= 11 is 0. The molecule has 0 aromatic rings. The molecule has 1 aliphatic heterocycles. The van der Waals surface area contributed by atoms with Crippen molar-refractivity contribution in [3.8, 4) is 0 Å². The average Bonchev–Trinajstić information content (AvgIpc) is 2.15. The molecule has 0 unspecified atom stereocenters. The number of carbonyl (C=O) groups excluding carboxylic acids is 1. The summed E-state index contributed by atoms with van der Waals surface area (Å²) in [5, 5.41) is 0. The van der Waals surface area contributed by atoms with Crippen LogP contribution in [0, 0.1) is 5.92 Å². The van der Waals surface area contributed by atoms with Gasteiger partial charge in [-0.2, -0.15) is 0 Å². The molecule has 0 atom stereocenters. The molecule has 0 aromatic heterocycles. The Morgan fingerprint density at radius 1 is 1.70 bits per heavy atom. The molecule has 0 spiro atoms. The van der Waals surface area contributed by atoms with Crippen LogP contribution in [0.3, 0.4) is 0 Å². The van der Waals surface area contributed by atoms with E-state index in [-0.39, 0.29) is 6.09 Å². The standard InChI is InChI=1S/C7H13NO2/c1-6(2)5-8-3-4-10-7(8)9/h6H,3-5H2,1-2H3. The third kappa shape index (κ3) is 1.62. The van der Waals surface area contributed by atoms with Crippen molar-refractivity contribution < 1.29 is 9.53 Å². The van der Waals surface area contributed by atoms with Crippen LogP contribution in [0.25, 0.3) is 0 Å². The molecule has 1 heterocycles. The van der Waals surface area contributed by atoms with Crippen LogP contribution < -0.4 is 0 Å². The maximum Gasteiger partial charge on any atom is 0.409 e. The Balaban J connectivity index is 2.33. The Kier molecular flexibility index (Phi) is 2.14. The van der Waals surface area contributed by atoms with Crippen molar-refractivity contribution in [3.05, 3.63) is 0 Å². The normalized spacial score (nSPS) is 18.3. The summed E-state index contributed by atoms with van der Waals surface area (Å²) in [7, 11) is 0. The highest BCUT2D eigenvalue weighted by Crippen LogP contribution is 2.06. The van der Waals surface area contributed by atoms with Crippen molar-refractivity contribution in [3.63, 3.8) is 0 Å². The smallest absolute Gasteiger partial charge is 0.409 e. The fraction of sp³-hybridized carbons (Fsp3) is 0.857. The second kappa shape index (κ2) is 2.90. The zero-order chi connectivity index (χ0) is 7.56. The van der Waals surface area contributed by atoms with Crippen molar-refractivity contribution in [2.24, 2.45) is 5.92 Å². The molecule has 1 aliphatic rings. The molecule has 1 fully saturated rings. The van der Waals surface area contributed by atoms with E-state index in [1.807, 2.05) is 0 Å². The van der Waals surface area contributed by atoms with E-state index in [0.717, 1.165) is 13.1 Å². The number of hydrogen-bond acceptors (Lipinski definition) is 2. The van der Waals surface area contributed by atoms with Crippen LogP contribution in [0.5, 0.6) is 0 Å². The second-order valence-corrected chi connectivity index (χ2v) is 2.95. The number of hydrogen-bond donors (Lipinski definition) is 0. The second-order valence-electron chi connectivity index (χ2n) is 2.95. The molecule has 3 nitrogen and oxygen atoms in total. The number of rotatable bonds is 2. The number of nitrogens with zero attached hydrogens (tertiary/aromatic N) is 1. The van der Waals surface area contributed by atoms with E-state index in [1.165, 1.54) is 0 Å². The summed E-state index contributed by atoms with van der Waals surface area (Å²) in [6.07, 6.45) is -0.159. The van der Waals surface area contributed by atoms with Crippen molar-refractivity contribution in [2.75, 3.05) is 19.7 Å². The van der Waals surface area contributed by atoms with Crippen LogP contribution in [0.1, 0.15) is 13.8 Å². The number of carbonyl (C=O) groups is 1. The molecule has 58 valence electrons. The highest BCUT2D eigenvalue weighted by atomic mass is 16.6. The van der Waals surface area contributed by atoms with Crippen LogP contribution in [0.2, 0.25) is 0 Å². The van der Waals surface area contributed by atoms with Crippen LogP contribution in [-0.2, 0) is 4.74 Å². The first-order valence-electron chi connectivity index (χ1n) is 3.62. The molecule has 1 saturated heterocycles. The molecule has 0 aliphatic carbocycles. The van der Waals surface area contributed by atoms with Gasteiger partial charge in [-0.25, -0.2) is 4.79 Å². The maximum absolute atomic E-state index is 10.8. The zero-order valence-electron chi connectivity index (χ0n) is 6.46. The van der Waals surface area contributed by atoms with Gasteiger partial charge in [0, 0.05) is 6.54 Å². The fourth-order valence-electron chi connectivity index (χ4n) is 1.03. The van der Waals surface area contributed by atoms with E-state index in [4.69, 9.17) is 4.74 Å². The largest absolute Gasteiger partial charge is 0.448 e. The highest BCUT2D eigenvalue weighted by Gasteiger charge is 2.21. The predicted octanol–water partition coefficient (Wildman–Crippen LogP) is 1.09. The summed E-state index contributed by atoms with van der Waals surface area (Å²) in [6.45, 7) is 6.32. The van der Waals surface area contributed by atoms with Crippen LogP contribution in [0.4, 0.5) is 4.79 Å². The van der Waals surface area contributed by atoms with Gasteiger partial charge in [0.05, 0.1) is 6.54 Å². The highest BCUT2D eigenvalue weighted by molar-refractivity contribution is 5.69. The monoisotopic (exact) mass is 143 g/mol. The van der Waals surface area contributed by atoms with Crippen molar-refractivity contribution >= 4 is 6.09 Å². The zero-order valence-corrected chi connectivity index (χ0v) is 6.46. The molecule has 1 rings (SSSR count). The lowest BCUT2D eigenvalue weighted by Gasteiger charge is -2.14. The first kappa shape index (κ1) is 7.38. The molecule has 0 saturated carbocycles. The SMILES string of the molecule is CC(C)CN1CCOC1=O. The lowest BCUT2D eigenvalue weighted by atomic mass is 10.2. The van der Waals surface area contributed by atoms with Gasteiger partial charge in [0.25, 0.3) is 0 Å². The van der Waals surface area contributed by atoms with E-state index in [1.54, 1.807) is 4.90 Å². The number of amides is 1. The lowest BCUT2D eigenvalue weighted by molar-refractivity contribution is 0.155. The maximum atomic E-state index is 10.8. The average molecular weight is 143 g/mol. The molecule has 3 heteroatoms. The minimum Gasteiger partial charge on any atom is -0.448 e. The first-order chi connectivity index (χ1) is 4.70. The number of cyclic esters (lactones) is 1. The van der Waals surface area contributed by atoms with Crippen LogP contribution in [0.15, 0.2) is 0 Å². The lowest BCUT2D eigenvalue weighted by Crippen LogP contribution is -2.28. The Hall–Kier alpha value is -0.730. The third-order valence-corrected chi connectivity index (χ3v) is 1.43. The summed E-state index contributed by atoms with van der Waals surface area (Å²) in [4.78, 5) is 12.6. The Morgan fingerprint density at radius 2 is 2.40 bits per heavy atom. The van der Waals surface area contributed by atoms with E-state index in [2.05, 4.69) is 13.8 Å². The van der Waals surface area contributed by atoms with Crippen LogP contribution in [-0.4, -0.2) is 30.7 Å². The van der Waals surface area contributed by atoms with E-state index in [0.29, 0.717) is 12.5 Å². The molecule has 0 bridgehead atoms. The molecule has 1 amide bonds. The van der Waals surface area contributed by atoms with Gasteiger partial charge in [-0.15, -0.1) is 0 Å². The Morgan fingerprint density at radius 3 is 2.80 bits per heavy atom. The summed E-state index contributed by atoms with van der Waals surface area (Å²) in [5.74, 6) is 0.533. The summed E-state index contributed by atoms with van der Waals surface area (Å²) in [6, 6.07) is 0. The molecular weight excluding hydrogens is 130 g/mol. The first-order valence-corrected chi connectivity index (χ1v) is 3.62. The minimum absolute atomic E-state index is 0.159. The fourth-order valence-corrected chi connectivity index (χ4v) is 1.03. The number of ether oxygens (including phenoxy) is 1. The van der Waals surface area contributed by atoms with E-state index < -0.39 is 0 Å². The van der Waals surface area contributed by atoms with Gasteiger partial charge in [-0.05, 0) is 5.92 Å². The molecule has 0 aromatic carbocycles. The predicted molar refractivity (Wildman–Crippen MR) is 37.8 cm³/mol. The summed E-state index contributed by atoms with van der Waals surface area (Å²) in [5.41, 5.74) is 0. The van der Waals surface area contributed by atoms with Crippen molar-refractivity contribution in [2.45, 2.75) is 13.8 Å². The molecular formula is C7H13NO2. The quantitative estimate of drug-likeness (QED) is 0.579. The molecule has 0 N–H and O–H groups in total. The Bertz CT molecular complexity index is 134. The van der Waals surface area contributed by atoms with Gasteiger partial charge in [0.15, 0.2) is 0 Å². The molecule has 10 heavy (non-hydrogen) atoms. The van der Waals surface area contributed by atoms with E-state index >= 15 is 0 Å². The third-order valence-electron chi connectivity index (χ3n) is 1.43. The minimum atomic E-state index is -0.159.